The topological polar surface area (TPSA) is 70.8 Å². The predicted molar refractivity (Wildman–Crippen MR) is 60.9 cm³/mol. The molecule has 2 rings (SSSR count). The van der Waals surface area contributed by atoms with Gasteiger partial charge in [-0.3, -0.25) is 4.79 Å². The lowest BCUT2D eigenvalue weighted by molar-refractivity contribution is -0.146. The van der Waals surface area contributed by atoms with Crippen LogP contribution in [0.5, 0.6) is 11.5 Å². The average molecular weight is 237 g/mol. The highest BCUT2D eigenvalue weighted by Gasteiger charge is 2.15. The van der Waals surface area contributed by atoms with Gasteiger partial charge in [-0.1, -0.05) is 6.07 Å². The number of fused-ring (bicyclic) bond motifs is 1. The van der Waals surface area contributed by atoms with Gasteiger partial charge in [0.2, 0.25) is 6.79 Å². The van der Waals surface area contributed by atoms with Crippen LogP contribution in [0.3, 0.4) is 0 Å². The lowest BCUT2D eigenvalue weighted by Gasteiger charge is -2.12. The Bertz CT molecular complexity index is 419. The summed E-state index contributed by atoms with van der Waals surface area (Å²) in [6.45, 7) is 2.00. The Kier molecular flexibility index (Phi) is 3.49. The van der Waals surface area contributed by atoms with Crippen LogP contribution in [0.25, 0.3) is 0 Å². The van der Waals surface area contributed by atoms with Crippen LogP contribution in [0, 0.1) is 0 Å². The Hall–Kier alpha value is -1.75. The fourth-order valence-corrected chi connectivity index (χ4v) is 1.71. The number of rotatable bonds is 4. The summed E-state index contributed by atoms with van der Waals surface area (Å²) in [5, 5.41) is 0. The molecule has 0 aromatic heterocycles. The largest absolute Gasteiger partial charge is 0.461 e. The van der Waals surface area contributed by atoms with Crippen molar-refractivity contribution in [2.24, 2.45) is 5.73 Å². The summed E-state index contributed by atoms with van der Waals surface area (Å²) < 4.78 is 15.6. The molecule has 0 fully saturated rings. The van der Waals surface area contributed by atoms with Gasteiger partial charge in [-0.2, -0.15) is 0 Å². The van der Waals surface area contributed by atoms with Crippen LogP contribution in [0.1, 0.15) is 12.5 Å². The molecule has 0 amide bonds. The van der Waals surface area contributed by atoms with E-state index in [-0.39, 0.29) is 19.4 Å². The zero-order valence-corrected chi connectivity index (χ0v) is 9.64. The molecule has 0 saturated carbocycles. The van der Waals surface area contributed by atoms with Gasteiger partial charge in [-0.25, -0.2) is 0 Å². The first-order valence-corrected chi connectivity index (χ1v) is 5.47. The number of hydrogen-bond donors (Lipinski definition) is 1. The third kappa shape index (κ3) is 2.88. The minimum atomic E-state index is -0.391. The molecule has 1 unspecified atom stereocenters. The molecule has 1 aliphatic heterocycles. The molecule has 5 nitrogen and oxygen atoms in total. The fraction of sp³-hybridized carbons (Fsp3) is 0.417. The summed E-state index contributed by atoms with van der Waals surface area (Å²) in [6.07, 6.45) is 0.425. The third-order valence-electron chi connectivity index (χ3n) is 2.46. The highest BCUT2D eigenvalue weighted by atomic mass is 16.7. The highest BCUT2D eigenvalue weighted by molar-refractivity contribution is 5.71. The number of ether oxygens (including phenoxy) is 3. The molecule has 17 heavy (non-hydrogen) atoms. The first-order valence-electron chi connectivity index (χ1n) is 5.47. The second kappa shape index (κ2) is 5.05. The molecule has 1 aromatic carbocycles. The Morgan fingerprint density at radius 3 is 3.00 bits per heavy atom. The lowest BCUT2D eigenvalue weighted by Crippen LogP contribution is -2.23. The smallest absolute Gasteiger partial charge is 0.319 e. The molecule has 0 aliphatic carbocycles. The summed E-state index contributed by atoms with van der Waals surface area (Å²) in [5.74, 6) is 1.10. The van der Waals surface area contributed by atoms with Crippen molar-refractivity contribution in [1.29, 1.82) is 0 Å². The number of carbonyl (C=O) groups excluding carboxylic acids is 1. The number of hydrogen-bond acceptors (Lipinski definition) is 5. The van der Waals surface area contributed by atoms with E-state index in [1.54, 1.807) is 0 Å². The van der Waals surface area contributed by atoms with Gasteiger partial charge >= 0.3 is 5.97 Å². The van der Waals surface area contributed by atoms with Crippen molar-refractivity contribution in [3.63, 3.8) is 0 Å². The summed E-state index contributed by atoms with van der Waals surface area (Å²) in [6, 6.07) is 5.69. The van der Waals surface area contributed by atoms with Crippen LogP contribution in [-0.2, 0) is 16.0 Å². The minimum absolute atomic E-state index is 0.0918. The molecular weight excluding hydrogens is 222 g/mol. The second-order valence-corrected chi connectivity index (χ2v) is 3.90. The van der Waals surface area contributed by atoms with Gasteiger partial charge in [0.25, 0.3) is 0 Å². The quantitative estimate of drug-likeness (QED) is 0.786. The number of carbonyl (C=O) groups is 1. The Labute approximate surface area is 99.5 Å². The Balaban J connectivity index is 1.97. The van der Waals surface area contributed by atoms with Crippen molar-refractivity contribution in [1.82, 2.24) is 0 Å². The number of benzene rings is 1. The van der Waals surface area contributed by atoms with E-state index in [4.69, 9.17) is 19.9 Å². The van der Waals surface area contributed by atoms with Gasteiger partial charge in [0, 0.05) is 6.42 Å². The van der Waals surface area contributed by atoms with Gasteiger partial charge in [0.05, 0.1) is 6.54 Å². The van der Waals surface area contributed by atoms with Gasteiger partial charge < -0.3 is 19.9 Å². The zero-order valence-electron chi connectivity index (χ0n) is 9.64. The summed E-state index contributed by atoms with van der Waals surface area (Å²) >= 11 is 0. The normalized spacial score (nSPS) is 14.5. The Morgan fingerprint density at radius 2 is 2.24 bits per heavy atom. The highest BCUT2D eigenvalue weighted by Crippen LogP contribution is 2.32. The molecule has 0 spiro atoms. The monoisotopic (exact) mass is 237 g/mol. The van der Waals surface area contributed by atoms with Crippen LogP contribution in [0.4, 0.5) is 0 Å². The minimum Gasteiger partial charge on any atom is -0.461 e. The van der Waals surface area contributed by atoms with E-state index in [0.29, 0.717) is 6.42 Å². The van der Waals surface area contributed by atoms with E-state index in [2.05, 4.69) is 0 Å². The predicted octanol–water partition coefficient (Wildman–Crippen LogP) is 0.848. The van der Waals surface area contributed by atoms with E-state index in [9.17, 15) is 4.79 Å². The van der Waals surface area contributed by atoms with E-state index in [1.807, 2.05) is 25.1 Å². The van der Waals surface area contributed by atoms with Crippen LogP contribution in [0.2, 0.25) is 0 Å². The van der Waals surface area contributed by atoms with Gasteiger partial charge in [0.15, 0.2) is 11.5 Å². The van der Waals surface area contributed by atoms with E-state index < -0.39 is 5.97 Å². The van der Waals surface area contributed by atoms with E-state index >= 15 is 0 Å². The zero-order chi connectivity index (χ0) is 12.3. The maximum Gasteiger partial charge on any atom is 0.319 e. The number of nitrogens with two attached hydrogens (primary N) is 1. The second-order valence-electron chi connectivity index (χ2n) is 3.90. The molecule has 5 heteroatoms. The molecule has 0 saturated heterocycles. The molecule has 1 atom stereocenters. The molecule has 1 heterocycles. The van der Waals surface area contributed by atoms with Crippen molar-refractivity contribution in [2.75, 3.05) is 13.3 Å². The molecule has 92 valence electrons. The fourth-order valence-electron chi connectivity index (χ4n) is 1.71. The lowest BCUT2D eigenvalue weighted by atomic mass is 10.1. The van der Waals surface area contributed by atoms with Gasteiger partial charge in [0.1, 0.15) is 6.10 Å². The summed E-state index contributed by atoms with van der Waals surface area (Å²) in [5.41, 5.74) is 6.21. The maximum absolute atomic E-state index is 11.0. The van der Waals surface area contributed by atoms with Crippen molar-refractivity contribution < 1.29 is 19.0 Å². The van der Waals surface area contributed by atoms with E-state index in [0.717, 1.165) is 17.1 Å². The molecule has 1 aromatic rings. The molecule has 2 N–H and O–H groups in total. The molecule has 0 radical (unpaired) electrons. The van der Waals surface area contributed by atoms with Crippen LogP contribution in [0.15, 0.2) is 18.2 Å². The first-order chi connectivity index (χ1) is 8.19. The van der Waals surface area contributed by atoms with Gasteiger partial charge in [-0.15, -0.1) is 0 Å². The maximum atomic E-state index is 11.0. The first kappa shape index (κ1) is 11.7. The third-order valence-corrected chi connectivity index (χ3v) is 2.46. The number of esters is 1. The van der Waals surface area contributed by atoms with E-state index in [1.165, 1.54) is 0 Å². The van der Waals surface area contributed by atoms with Gasteiger partial charge in [-0.05, 0) is 24.6 Å². The van der Waals surface area contributed by atoms with Crippen molar-refractivity contribution in [3.05, 3.63) is 23.8 Å². The van der Waals surface area contributed by atoms with Crippen molar-refractivity contribution in [2.45, 2.75) is 19.4 Å². The standard InChI is InChI=1S/C12H15NO4/c1-8(17-12(14)6-13)4-9-2-3-10-11(5-9)16-7-15-10/h2-3,5,8H,4,6-7,13H2,1H3. The van der Waals surface area contributed by atoms with Crippen molar-refractivity contribution >= 4 is 5.97 Å². The molecule has 0 bridgehead atoms. The van der Waals surface area contributed by atoms with Crippen LogP contribution in [-0.4, -0.2) is 25.4 Å². The Morgan fingerprint density at radius 1 is 1.47 bits per heavy atom. The summed E-state index contributed by atoms with van der Waals surface area (Å²) in [7, 11) is 0. The average Bonchev–Trinajstić information content (AvgIpc) is 2.75. The SMILES string of the molecule is CC(Cc1ccc2c(c1)OCO2)OC(=O)CN. The summed E-state index contributed by atoms with van der Waals surface area (Å²) in [4.78, 5) is 11.0. The van der Waals surface area contributed by atoms with Crippen molar-refractivity contribution in [3.8, 4) is 11.5 Å². The van der Waals surface area contributed by atoms with Crippen LogP contribution >= 0.6 is 0 Å². The van der Waals surface area contributed by atoms with Crippen LogP contribution < -0.4 is 15.2 Å². The molecular formula is C12H15NO4. The molecule has 1 aliphatic rings.